The Labute approximate surface area is 104 Å². The Morgan fingerprint density at radius 2 is 2.28 bits per heavy atom. The van der Waals surface area contributed by atoms with Crippen molar-refractivity contribution in [1.29, 1.82) is 0 Å². The summed E-state index contributed by atoms with van der Waals surface area (Å²) in [7, 11) is 1.80. The van der Waals surface area contributed by atoms with Crippen LogP contribution in [0.15, 0.2) is 10.7 Å². The average molecular weight is 249 g/mol. The van der Waals surface area contributed by atoms with Gasteiger partial charge in [-0.2, -0.15) is 5.10 Å². The van der Waals surface area contributed by atoms with E-state index in [1.807, 2.05) is 13.8 Å². The molecule has 2 rings (SSSR count). The highest BCUT2D eigenvalue weighted by molar-refractivity contribution is 5.96. The van der Waals surface area contributed by atoms with Gasteiger partial charge in [0.2, 0.25) is 0 Å². The lowest BCUT2D eigenvalue weighted by atomic mass is 10.1. The van der Waals surface area contributed by atoms with Crippen molar-refractivity contribution in [2.75, 3.05) is 0 Å². The Morgan fingerprint density at radius 3 is 2.78 bits per heavy atom. The Balaban J connectivity index is 2.58. The quantitative estimate of drug-likeness (QED) is 0.896. The SMILES string of the molecule is CCCc1onc(-c2cnn(C)c2C)c1C(=O)O. The Morgan fingerprint density at radius 1 is 1.56 bits per heavy atom. The summed E-state index contributed by atoms with van der Waals surface area (Å²) in [5, 5.41) is 17.3. The molecule has 0 saturated carbocycles. The molecule has 0 spiro atoms. The summed E-state index contributed by atoms with van der Waals surface area (Å²) in [4.78, 5) is 11.3. The van der Waals surface area contributed by atoms with E-state index >= 15 is 0 Å². The number of carbonyl (C=O) groups is 1. The first kappa shape index (κ1) is 12.3. The van der Waals surface area contributed by atoms with Crippen LogP contribution in [-0.2, 0) is 13.5 Å². The fourth-order valence-electron chi connectivity index (χ4n) is 1.86. The second-order valence-corrected chi connectivity index (χ2v) is 4.15. The van der Waals surface area contributed by atoms with Gasteiger partial charge in [0.05, 0.1) is 6.20 Å². The molecule has 96 valence electrons. The van der Waals surface area contributed by atoms with Crippen LogP contribution >= 0.6 is 0 Å². The van der Waals surface area contributed by atoms with Crippen LogP contribution in [0, 0.1) is 6.92 Å². The largest absolute Gasteiger partial charge is 0.477 e. The van der Waals surface area contributed by atoms with Crippen LogP contribution in [-0.4, -0.2) is 26.0 Å². The van der Waals surface area contributed by atoms with Crippen LogP contribution in [0.1, 0.15) is 35.2 Å². The molecule has 0 unspecified atom stereocenters. The van der Waals surface area contributed by atoms with Crippen LogP contribution in [0.5, 0.6) is 0 Å². The molecule has 0 atom stereocenters. The van der Waals surface area contributed by atoms with Crippen LogP contribution in [0.25, 0.3) is 11.3 Å². The number of carboxylic acid groups (broad SMARTS) is 1. The normalized spacial score (nSPS) is 10.8. The van der Waals surface area contributed by atoms with Gasteiger partial charge in [-0.1, -0.05) is 12.1 Å². The number of aromatic nitrogens is 3. The first-order valence-corrected chi connectivity index (χ1v) is 5.77. The molecule has 0 aliphatic carbocycles. The van der Waals surface area contributed by atoms with Crippen molar-refractivity contribution in [3.63, 3.8) is 0 Å². The fraction of sp³-hybridized carbons (Fsp3) is 0.417. The third-order valence-electron chi connectivity index (χ3n) is 2.94. The number of rotatable bonds is 4. The predicted molar refractivity (Wildman–Crippen MR) is 64.4 cm³/mol. The molecule has 6 heteroatoms. The Bertz CT molecular complexity index is 583. The standard InChI is InChI=1S/C12H15N3O3/c1-4-5-9-10(12(16)17)11(14-18-9)8-6-13-15(3)7(8)2/h6H,4-5H2,1-3H3,(H,16,17). The molecule has 0 saturated heterocycles. The first-order chi connectivity index (χ1) is 8.56. The van der Waals surface area contributed by atoms with Crippen molar-refractivity contribution in [1.82, 2.24) is 14.9 Å². The van der Waals surface area contributed by atoms with Gasteiger partial charge in [-0.15, -0.1) is 0 Å². The molecule has 6 nitrogen and oxygen atoms in total. The minimum Gasteiger partial charge on any atom is -0.477 e. The zero-order valence-electron chi connectivity index (χ0n) is 10.6. The highest BCUT2D eigenvalue weighted by atomic mass is 16.5. The van der Waals surface area contributed by atoms with Crippen LogP contribution in [0.3, 0.4) is 0 Å². The van der Waals surface area contributed by atoms with E-state index in [0.717, 1.165) is 12.1 Å². The zero-order valence-corrected chi connectivity index (χ0v) is 10.6. The monoisotopic (exact) mass is 249 g/mol. The summed E-state index contributed by atoms with van der Waals surface area (Å²) in [6.45, 7) is 3.82. The summed E-state index contributed by atoms with van der Waals surface area (Å²) in [5.74, 6) is -0.596. The molecule has 0 aliphatic rings. The third kappa shape index (κ3) is 1.90. The lowest BCUT2D eigenvalue weighted by Crippen LogP contribution is -2.02. The van der Waals surface area contributed by atoms with Gasteiger partial charge in [-0.25, -0.2) is 4.79 Å². The van der Waals surface area contributed by atoms with Gasteiger partial charge >= 0.3 is 5.97 Å². The molecule has 0 radical (unpaired) electrons. The van der Waals surface area contributed by atoms with Crippen molar-refractivity contribution in [3.8, 4) is 11.3 Å². The minimum absolute atomic E-state index is 0.146. The maximum absolute atomic E-state index is 11.3. The minimum atomic E-state index is -1.02. The van der Waals surface area contributed by atoms with E-state index in [0.29, 0.717) is 23.4 Å². The summed E-state index contributed by atoms with van der Waals surface area (Å²) in [6, 6.07) is 0. The molecule has 2 heterocycles. The summed E-state index contributed by atoms with van der Waals surface area (Å²) in [5.41, 5.74) is 2.05. The average Bonchev–Trinajstić information content (AvgIpc) is 2.85. The summed E-state index contributed by atoms with van der Waals surface area (Å²) < 4.78 is 6.82. The lowest BCUT2D eigenvalue weighted by Gasteiger charge is -1.98. The maximum atomic E-state index is 11.3. The summed E-state index contributed by atoms with van der Waals surface area (Å²) >= 11 is 0. The van der Waals surface area contributed by atoms with E-state index in [1.54, 1.807) is 17.9 Å². The van der Waals surface area contributed by atoms with Gasteiger partial charge in [-0.05, 0) is 13.3 Å². The van der Waals surface area contributed by atoms with Gasteiger partial charge < -0.3 is 9.63 Å². The van der Waals surface area contributed by atoms with E-state index in [4.69, 9.17) is 4.52 Å². The molecular weight excluding hydrogens is 234 g/mol. The van der Waals surface area contributed by atoms with Crippen molar-refractivity contribution in [2.24, 2.45) is 7.05 Å². The van der Waals surface area contributed by atoms with Crippen molar-refractivity contribution in [3.05, 3.63) is 23.2 Å². The van der Waals surface area contributed by atoms with E-state index in [-0.39, 0.29) is 5.56 Å². The van der Waals surface area contributed by atoms with Gasteiger partial charge in [0.15, 0.2) is 5.76 Å². The smallest absolute Gasteiger partial charge is 0.341 e. The fourth-order valence-corrected chi connectivity index (χ4v) is 1.86. The van der Waals surface area contributed by atoms with E-state index in [2.05, 4.69) is 10.3 Å². The van der Waals surface area contributed by atoms with Gasteiger partial charge in [-0.3, -0.25) is 4.68 Å². The van der Waals surface area contributed by atoms with Crippen LogP contribution in [0.2, 0.25) is 0 Å². The third-order valence-corrected chi connectivity index (χ3v) is 2.94. The van der Waals surface area contributed by atoms with Gasteiger partial charge in [0.1, 0.15) is 11.3 Å². The molecule has 1 N–H and O–H groups in total. The van der Waals surface area contributed by atoms with E-state index < -0.39 is 5.97 Å². The molecule has 0 aliphatic heterocycles. The molecule has 0 amide bonds. The zero-order chi connectivity index (χ0) is 13.3. The molecule has 0 fully saturated rings. The number of nitrogens with zero attached hydrogens (tertiary/aromatic N) is 3. The van der Waals surface area contributed by atoms with Gasteiger partial charge in [0.25, 0.3) is 0 Å². The van der Waals surface area contributed by atoms with Crippen molar-refractivity contribution >= 4 is 5.97 Å². The Hall–Kier alpha value is -2.11. The highest BCUT2D eigenvalue weighted by Gasteiger charge is 2.25. The number of hydrogen-bond donors (Lipinski definition) is 1. The second kappa shape index (κ2) is 4.64. The van der Waals surface area contributed by atoms with Gasteiger partial charge in [0, 0.05) is 24.7 Å². The number of aryl methyl sites for hydroxylation is 2. The van der Waals surface area contributed by atoms with Crippen LogP contribution in [0.4, 0.5) is 0 Å². The lowest BCUT2D eigenvalue weighted by molar-refractivity contribution is 0.0695. The molecule has 18 heavy (non-hydrogen) atoms. The van der Waals surface area contributed by atoms with Crippen LogP contribution < -0.4 is 0 Å². The number of aromatic carboxylic acids is 1. The topological polar surface area (TPSA) is 81.2 Å². The molecular formula is C12H15N3O3. The van der Waals surface area contributed by atoms with E-state index in [9.17, 15) is 9.90 Å². The molecule has 0 aromatic carbocycles. The molecule has 2 aromatic heterocycles. The van der Waals surface area contributed by atoms with E-state index in [1.165, 1.54) is 0 Å². The highest BCUT2D eigenvalue weighted by Crippen LogP contribution is 2.28. The predicted octanol–water partition coefficient (Wildman–Crippen LogP) is 2.03. The maximum Gasteiger partial charge on any atom is 0.341 e. The number of hydrogen-bond acceptors (Lipinski definition) is 4. The molecule has 0 bridgehead atoms. The summed E-state index contributed by atoms with van der Waals surface area (Å²) in [6.07, 6.45) is 2.98. The second-order valence-electron chi connectivity index (χ2n) is 4.15. The van der Waals surface area contributed by atoms with Crippen molar-refractivity contribution < 1.29 is 14.4 Å². The number of carboxylic acids is 1. The molecule has 2 aromatic rings. The Kier molecular flexibility index (Phi) is 3.18. The van der Waals surface area contributed by atoms with Crippen molar-refractivity contribution in [2.45, 2.75) is 26.7 Å². The first-order valence-electron chi connectivity index (χ1n) is 5.77.